The smallest absolute Gasteiger partial charge is 0.124 e. The summed E-state index contributed by atoms with van der Waals surface area (Å²) in [5.41, 5.74) is 4.29. The fourth-order valence-electron chi connectivity index (χ4n) is 2.14. The summed E-state index contributed by atoms with van der Waals surface area (Å²) in [6, 6.07) is 14.2. The van der Waals surface area contributed by atoms with Gasteiger partial charge in [-0.3, -0.25) is 0 Å². The summed E-state index contributed by atoms with van der Waals surface area (Å²) in [6.45, 7) is 5.37. The Morgan fingerprint density at radius 1 is 1.15 bits per heavy atom. The predicted molar refractivity (Wildman–Crippen MR) is 82.0 cm³/mol. The summed E-state index contributed by atoms with van der Waals surface area (Å²) >= 11 is 0. The van der Waals surface area contributed by atoms with Gasteiger partial charge in [0.15, 0.2) is 0 Å². The monoisotopic (exact) mass is 271 g/mol. The fraction of sp³-hybridized carbons (Fsp3) is 0.294. The van der Waals surface area contributed by atoms with Crippen LogP contribution in [0.3, 0.4) is 0 Å². The second-order valence-corrected chi connectivity index (χ2v) is 4.76. The quantitative estimate of drug-likeness (QED) is 0.845. The Morgan fingerprint density at radius 2 is 2.00 bits per heavy atom. The maximum absolute atomic E-state index is 9.38. The Labute approximate surface area is 120 Å². The molecule has 0 bridgehead atoms. The highest BCUT2D eigenvalue weighted by atomic mass is 16.5. The van der Waals surface area contributed by atoms with E-state index in [0.717, 1.165) is 23.5 Å². The van der Waals surface area contributed by atoms with Crippen LogP contribution >= 0.6 is 0 Å². The average Bonchev–Trinajstić information content (AvgIpc) is 2.46. The molecular formula is C17H21NO2. The first-order valence-electron chi connectivity index (χ1n) is 6.89. The second kappa shape index (κ2) is 6.96. The standard InChI is InChI=1S/C17H21NO2/c1-3-20-17-8-7-16(10-15(17)12-19)18-11-14-6-4-5-13(2)9-14/h4-10,18-19H,3,11-12H2,1-2H3. The molecule has 0 spiro atoms. The lowest BCUT2D eigenvalue weighted by Crippen LogP contribution is -2.02. The topological polar surface area (TPSA) is 41.5 Å². The summed E-state index contributed by atoms with van der Waals surface area (Å²) in [4.78, 5) is 0. The number of benzene rings is 2. The minimum absolute atomic E-state index is 0.0186. The Balaban J connectivity index is 2.06. The number of hydrogen-bond acceptors (Lipinski definition) is 3. The molecule has 0 saturated heterocycles. The Morgan fingerprint density at radius 3 is 2.70 bits per heavy atom. The van der Waals surface area contributed by atoms with E-state index in [0.29, 0.717) is 6.61 Å². The summed E-state index contributed by atoms with van der Waals surface area (Å²) < 4.78 is 5.47. The minimum atomic E-state index is -0.0186. The molecule has 0 aliphatic rings. The van der Waals surface area contributed by atoms with Crippen molar-refractivity contribution in [2.45, 2.75) is 27.0 Å². The molecule has 2 aromatic carbocycles. The molecule has 0 saturated carbocycles. The van der Waals surface area contributed by atoms with Crippen LogP contribution in [0.2, 0.25) is 0 Å². The fourth-order valence-corrected chi connectivity index (χ4v) is 2.14. The van der Waals surface area contributed by atoms with E-state index in [1.165, 1.54) is 11.1 Å². The van der Waals surface area contributed by atoms with Gasteiger partial charge in [-0.2, -0.15) is 0 Å². The summed E-state index contributed by atoms with van der Waals surface area (Å²) in [5, 5.41) is 12.7. The Kier molecular flexibility index (Phi) is 5.02. The zero-order valence-corrected chi connectivity index (χ0v) is 12.0. The van der Waals surface area contributed by atoms with E-state index < -0.39 is 0 Å². The molecule has 0 aliphatic carbocycles. The van der Waals surface area contributed by atoms with Crippen molar-refractivity contribution in [2.24, 2.45) is 0 Å². The number of aryl methyl sites for hydroxylation is 1. The van der Waals surface area contributed by atoms with Crippen molar-refractivity contribution >= 4 is 5.69 Å². The van der Waals surface area contributed by atoms with E-state index in [4.69, 9.17) is 4.74 Å². The summed E-state index contributed by atoms with van der Waals surface area (Å²) in [7, 11) is 0. The van der Waals surface area contributed by atoms with Gasteiger partial charge in [-0.1, -0.05) is 29.8 Å². The normalized spacial score (nSPS) is 10.3. The molecular weight excluding hydrogens is 250 g/mol. The van der Waals surface area contributed by atoms with E-state index in [-0.39, 0.29) is 6.61 Å². The van der Waals surface area contributed by atoms with Crippen LogP contribution in [0.15, 0.2) is 42.5 Å². The number of nitrogens with one attached hydrogen (secondary N) is 1. The lowest BCUT2D eigenvalue weighted by atomic mass is 10.1. The molecule has 2 rings (SSSR count). The van der Waals surface area contributed by atoms with Gasteiger partial charge < -0.3 is 15.2 Å². The molecule has 0 heterocycles. The predicted octanol–water partition coefficient (Wildman–Crippen LogP) is 3.50. The highest BCUT2D eigenvalue weighted by molar-refractivity contribution is 5.51. The Hall–Kier alpha value is -2.00. The third kappa shape index (κ3) is 3.75. The number of anilines is 1. The SMILES string of the molecule is CCOc1ccc(NCc2cccc(C)c2)cc1CO. The van der Waals surface area contributed by atoms with Gasteiger partial charge >= 0.3 is 0 Å². The van der Waals surface area contributed by atoms with Gasteiger partial charge in [0.1, 0.15) is 5.75 Å². The van der Waals surface area contributed by atoms with Crippen LogP contribution in [0.25, 0.3) is 0 Å². The van der Waals surface area contributed by atoms with E-state index >= 15 is 0 Å². The van der Waals surface area contributed by atoms with Gasteiger partial charge in [0.2, 0.25) is 0 Å². The van der Waals surface area contributed by atoms with E-state index in [2.05, 4.69) is 36.5 Å². The van der Waals surface area contributed by atoms with Gasteiger partial charge in [0.25, 0.3) is 0 Å². The van der Waals surface area contributed by atoms with E-state index in [9.17, 15) is 5.11 Å². The van der Waals surface area contributed by atoms with E-state index in [1.54, 1.807) is 0 Å². The highest BCUT2D eigenvalue weighted by Crippen LogP contribution is 2.23. The maximum Gasteiger partial charge on any atom is 0.124 e. The third-order valence-corrected chi connectivity index (χ3v) is 3.11. The number of ether oxygens (including phenoxy) is 1. The van der Waals surface area contributed by atoms with Crippen LogP contribution in [0.1, 0.15) is 23.6 Å². The minimum Gasteiger partial charge on any atom is -0.494 e. The Bertz CT molecular complexity index is 567. The van der Waals surface area contributed by atoms with Crippen molar-refractivity contribution in [1.29, 1.82) is 0 Å². The van der Waals surface area contributed by atoms with Gasteiger partial charge in [-0.15, -0.1) is 0 Å². The molecule has 20 heavy (non-hydrogen) atoms. The molecule has 0 amide bonds. The van der Waals surface area contributed by atoms with Crippen molar-refractivity contribution in [1.82, 2.24) is 0 Å². The number of rotatable bonds is 6. The molecule has 0 unspecified atom stereocenters. The van der Waals surface area contributed by atoms with Crippen LogP contribution in [-0.2, 0) is 13.2 Å². The van der Waals surface area contributed by atoms with Crippen molar-refractivity contribution in [3.63, 3.8) is 0 Å². The zero-order valence-electron chi connectivity index (χ0n) is 12.0. The van der Waals surface area contributed by atoms with Crippen LogP contribution in [-0.4, -0.2) is 11.7 Å². The second-order valence-electron chi connectivity index (χ2n) is 4.76. The van der Waals surface area contributed by atoms with Crippen molar-refractivity contribution in [2.75, 3.05) is 11.9 Å². The van der Waals surface area contributed by atoms with Crippen molar-refractivity contribution < 1.29 is 9.84 Å². The molecule has 3 heteroatoms. The summed E-state index contributed by atoms with van der Waals surface area (Å²) in [5.74, 6) is 0.746. The first kappa shape index (κ1) is 14.4. The molecule has 0 fully saturated rings. The summed E-state index contributed by atoms with van der Waals surface area (Å²) in [6.07, 6.45) is 0. The molecule has 0 radical (unpaired) electrons. The van der Waals surface area contributed by atoms with E-state index in [1.807, 2.05) is 25.1 Å². The molecule has 0 aromatic heterocycles. The highest BCUT2D eigenvalue weighted by Gasteiger charge is 2.04. The van der Waals surface area contributed by atoms with Crippen molar-refractivity contribution in [3.8, 4) is 5.75 Å². The van der Waals surface area contributed by atoms with Gasteiger partial charge in [-0.25, -0.2) is 0 Å². The van der Waals surface area contributed by atoms with Gasteiger partial charge in [0.05, 0.1) is 13.2 Å². The van der Waals surface area contributed by atoms with Crippen LogP contribution < -0.4 is 10.1 Å². The van der Waals surface area contributed by atoms with Gasteiger partial charge in [0, 0.05) is 17.8 Å². The molecule has 3 nitrogen and oxygen atoms in total. The number of aliphatic hydroxyl groups is 1. The largest absolute Gasteiger partial charge is 0.494 e. The van der Waals surface area contributed by atoms with Crippen LogP contribution in [0.5, 0.6) is 5.75 Å². The lowest BCUT2D eigenvalue weighted by molar-refractivity contribution is 0.267. The molecule has 106 valence electrons. The third-order valence-electron chi connectivity index (χ3n) is 3.11. The van der Waals surface area contributed by atoms with Crippen LogP contribution in [0.4, 0.5) is 5.69 Å². The molecule has 0 atom stereocenters. The molecule has 0 aliphatic heterocycles. The first-order chi connectivity index (χ1) is 9.72. The zero-order chi connectivity index (χ0) is 14.4. The number of aliphatic hydroxyl groups excluding tert-OH is 1. The maximum atomic E-state index is 9.38. The molecule has 2 aromatic rings. The molecule has 2 N–H and O–H groups in total. The van der Waals surface area contributed by atoms with Crippen molar-refractivity contribution in [3.05, 3.63) is 59.2 Å². The first-order valence-corrected chi connectivity index (χ1v) is 6.89. The average molecular weight is 271 g/mol. The number of hydrogen-bond donors (Lipinski definition) is 2. The lowest BCUT2D eigenvalue weighted by Gasteiger charge is -2.12. The van der Waals surface area contributed by atoms with Crippen LogP contribution in [0, 0.1) is 6.92 Å². The van der Waals surface area contributed by atoms with Gasteiger partial charge in [-0.05, 0) is 37.6 Å².